The summed E-state index contributed by atoms with van der Waals surface area (Å²) < 4.78 is 38.8. The van der Waals surface area contributed by atoms with E-state index in [9.17, 15) is 27.6 Å². The zero-order valence-corrected chi connectivity index (χ0v) is 10.3. The van der Waals surface area contributed by atoms with Crippen LogP contribution in [0, 0.1) is 17.5 Å². The maximum absolute atomic E-state index is 13.3. The van der Waals surface area contributed by atoms with Gasteiger partial charge in [-0.2, -0.15) is 0 Å². The third-order valence-electron chi connectivity index (χ3n) is 2.27. The summed E-state index contributed by atoms with van der Waals surface area (Å²) in [4.78, 5) is 32.8. The molecule has 1 aromatic rings. The van der Waals surface area contributed by atoms with E-state index >= 15 is 0 Å². The summed E-state index contributed by atoms with van der Waals surface area (Å²) in [6.07, 6.45) is -0.691. The highest BCUT2D eigenvalue weighted by atomic mass is 19.2. The number of urea groups is 1. The van der Waals surface area contributed by atoms with Crippen molar-refractivity contribution in [2.75, 3.05) is 5.32 Å². The number of hydrogen-bond acceptors (Lipinski definition) is 3. The number of anilines is 1. The fourth-order valence-electron chi connectivity index (χ4n) is 1.34. The fraction of sp³-hybridized carbons (Fsp3) is 0.182. The predicted molar refractivity (Wildman–Crippen MR) is 63.7 cm³/mol. The molecule has 0 heterocycles. The maximum atomic E-state index is 13.3. The maximum Gasteiger partial charge on any atom is 0.326 e. The molecule has 0 unspecified atom stereocenters. The van der Waals surface area contributed by atoms with Crippen molar-refractivity contribution in [1.82, 2.24) is 5.32 Å². The van der Waals surface area contributed by atoms with Crippen molar-refractivity contribution < 1.29 is 32.7 Å². The van der Waals surface area contributed by atoms with Gasteiger partial charge in [-0.15, -0.1) is 0 Å². The third-order valence-corrected chi connectivity index (χ3v) is 2.27. The molecule has 114 valence electrons. The summed E-state index contributed by atoms with van der Waals surface area (Å²) in [5.41, 5.74) is 4.10. The van der Waals surface area contributed by atoms with Crippen LogP contribution in [0.3, 0.4) is 0 Å². The van der Waals surface area contributed by atoms with Gasteiger partial charge in [0.05, 0.1) is 12.1 Å². The Labute approximate surface area is 115 Å². The summed E-state index contributed by atoms with van der Waals surface area (Å²) in [5.74, 6) is -6.64. The minimum atomic E-state index is -1.64. The monoisotopic (exact) mass is 305 g/mol. The number of nitrogens with one attached hydrogen (secondary N) is 2. The number of carbonyl (C=O) groups is 3. The molecule has 0 aliphatic carbocycles. The van der Waals surface area contributed by atoms with Crippen LogP contribution in [0.4, 0.5) is 23.7 Å². The number of carboxylic acid groups (broad SMARTS) is 1. The number of primary amides is 1. The lowest BCUT2D eigenvalue weighted by molar-refractivity contribution is -0.140. The smallest absolute Gasteiger partial charge is 0.326 e. The lowest BCUT2D eigenvalue weighted by atomic mass is 10.2. The Hall–Kier alpha value is -2.78. The van der Waals surface area contributed by atoms with E-state index in [-0.39, 0.29) is 6.07 Å². The van der Waals surface area contributed by atoms with Crippen molar-refractivity contribution in [2.24, 2.45) is 5.73 Å². The SMILES string of the molecule is NC(=O)C[C@@H](NC(=O)Nc1cc(F)c(F)cc1F)C(=O)O. The van der Waals surface area contributed by atoms with Gasteiger partial charge >= 0.3 is 12.0 Å². The summed E-state index contributed by atoms with van der Waals surface area (Å²) >= 11 is 0. The number of benzene rings is 1. The number of carbonyl (C=O) groups excluding carboxylic acids is 2. The quantitative estimate of drug-likeness (QED) is 0.593. The first kappa shape index (κ1) is 16.3. The lowest BCUT2D eigenvalue weighted by Gasteiger charge is -2.14. The van der Waals surface area contributed by atoms with E-state index in [0.717, 1.165) is 0 Å². The number of carboxylic acids is 1. The van der Waals surface area contributed by atoms with Crippen LogP contribution in [0.15, 0.2) is 12.1 Å². The largest absolute Gasteiger partial charge is 0.480 e. The predicted octanol–water partition coefficient (Wildman–Crippen LogP) is 0.554. The zero-order chi connectivity index (χ0) is 16.2. The van der Waals surface area contributed by atoms with E-state index < -0.39 is 53.5 Å². The number of aliphatic carboxylic acids is 1. The molecular formula is C11H10F3N3O4. The molecule has 3 amide bonds. The van der Waals surface area contributed by atoms with Gasteiger partial charge in [0.2, 0.25) is 5.91 Å². The first-order valence-electron chi connectivity index (χ1n) is 5.44. The van der Waals surface area contributed by atoms with Gasteiger partial charge in [0.15, 0.2) is 11.6 Å². The molecule has 0 bridgehead atoms. The van der Waals surface area contributed by atoms with Gasteiger partial charge in [-0.3, -0.25) is 4.79 Å². The molecule has 0 saturated carbocycles. The number of rotatable bonds is 5. The van der Waals surface area contributed by atoms with Crippen molar-refractivity contribution in [3.8, 4) is 0 Å². The highest BCUT2D eigenvalue weighted by Crippen LogP contribution is 2.18. The molecule has 0 radical (unpaired) electrons. The zero-order valence-electron chi connectivity index (χ0n) is 10.3. The first-order valence-corrected chi connectivity index (χ1v) is 5.44. The van der Waals surface area contributed by atoms with Crippen molar-refractivity contribution in [3.05, 3.63) is 29.6 Å². The number of nitrogens with two attached hydrogens (primary N) is 1. The molecule has 1 aromatic carbocycles. The van der Waals surface area contributed by atoms with Crippen LogP contribution in [0.25, 0.3) is 0 Å². The minimum Gasteiger partial charge on any atom is -0.480 e. The van der Waals surface area contributed by atoms with E-state index in [2.05, 4.69) is 0 Å². The molecule has 0 aromatic heterocycles. The highest BCUT2D eigenvalue weighted by molar-refractivity contribution is 5.93. The standard InChI is InChI=1S/C11H10F3N3O4/c12-4-1-6(14)7(2-5(4)13)16-11(21)17-8(10(19)20)3-9(15)18/h1-2,8H,3H2,(H2,15,18)(H,19,20)(H2,16,17,21)/t8-/m1/s1. The van der Waals surface area contributed by atoms with Gasteiger partial charge in [0, 0.05) is 12.1 Å². The molecule has 0 aliphatic rings. The fourth-order valence-corrected chi connectivity index (χ4v) is 1.34. The van der Waals surface area contributed by atoms with Crippen molar-refractivity contribution in [2.45, 2.75) is 12.5 Å². The van der Waals surface area contributed by atoms with Gasteiger partial charge < -0.3 is 21.5 Å². The van der Waals surface area contributed by atoms with E-state index in [1.54, 1.807) is 5.32 Å². The van der Waals surface area contributed by atoms with Crippen LogP contribution in [0.2, 0.25) is 0 Å². The molecule has 0 aliphatic heterocycles. The minimum absolute atomic E-state index is 0.211. The summed E-state index contributed by atoms with van der Waals surface area (Å²) in [5, 5.41) is 12.4. The van der Waals surface area contributed by atoms with E-state index in [1.165, 1.54) is 0 Å². The Balaban J connectivity index is 2.79. The molecule has 5 N–H and O–H groups in total. The Morgan fingerprint density at radius 1 is 1.14 bits per heavy atom. The Morgan fingerprint density at radius 2 is 1.71 bits per heavy atom. The van der Waals surface area contributed by atoms with Gasteiger partial charge in [-0.05, 0) is 0 Å². The van der Waals surface area contributed by atoms with E-state index in [1.807, 2.05) is 5.32 Å². The second-order valence-corrected chi connectivity index (χ2v) is 3.91. The van der Waals surface area contributed by atoms with Crippen molar-refractivity contribution in [3.63, 3.8) is 0 Å². The Kier molecular flexibility index (Phi) is 5.11. The first-order chi connectivity index (χ1) is 9.70. The molecule has 10 heteroatoms. The summed E-state index contributed by atoms with van der Waals surface area (Å²) in [7, 11) is 0. The topological polar surface area (TPSA) is 122 Å². The molecule has 0 spiro atoms. The summed E-state index contributed by atoms with van der Waals surface area (Å²) in [6, 6.07) is -2.28. The van der Waals surface area contributed by atoms with Crippen molar-refractivity contribution in [1.29, 1.82) is 0 Å². The van der Waals surface area contributed by atoms with Gasteiger partial charge in [-0.25, -0.2) is 22.8 Å². The van der Waals surface area contributed by atoms with Gasteiger partial charge in [0.1, 0.15) is 11.9 Å². The van der Waals surface area contributed by atoms with E-state index in [4.69, 9.17) is 10.8 Å². The van der Waals surface area contributed by atoms with Crippen LogP contribution in [-0.4, -0.2) is 29.1 Å². The highest BCUT2D eigenvalue weighted by Gasteiger charge is 2.22. The lowest BCUT2D eigenvalue weighted by Crippen LogP contribution is -2.45. The Morgan fingerprint density at radius 3 is 2.24 bits per heavy atom. The number of halogens is 3. The Bertz CT molecular complexity index is 594. The molecule has 0 fully saturated rings. The molecule has 1 rings (SSSR count). The van der Waals surface area contributed by atoms with Crippen molar-refractivity contribution >= 4 is 23.6 Å². The van der Waals surface area contributed by atoms with Crippen LogP contribution in [0.5, 0.6) is 0 Å². The van der Waals surface area contributed by atoms with Crippen LogP contribution < -0.4 is 16.4 Å². The molecular weight excluding hydrogens is 295 g/mol. The third kappa shape index (κ3) is 4.67. The second kappa shape index (κ2) is 6.59. The average Bonchev–Trinajstić information content (AvgIpc) is 2.34. The van der Waals surface area contributed by atoms with Crippen LogP contribution >= 0.6 is 0 Å². The number of amides is 3. The van der Waals surface area contributed by atoms with Crippen LogP contribution in [-0.2, 0) is 9.59 Å². The molecule has 7 nitrogen and oxygen atoms in total. The average molecular weight is 305 g/mol. The molecule has 1 atom stereocenters. The normalized spacial score (nSPS) is 11.6. The van der Waals surface area contributed by atoms with Crippen LogP contribution in [0.1, 0.15) is 6.42 Å². The molecule has 0 saturated heterocycles. The van der Waals surface area contributed by atoms with Gasteiger partial charge in [0.25, 0.3) is 0 Å². The van der Waals surface area contributed by atoms with E-state index in [0.29, 0.717) is 6.07 Å². The second-order valence-electron chi connectivity index (χ2n) is 3.91. The summed E-state index contributed by atoms with van der Waals surface area (Å²) in [6.45, 7) is 0. The molecule has 21 heavy (non-hydrogen) atoms. The number of hydrogen-bond donors (Lipinski definition) is 4. The van der Waals surface area contributed by atoms with Gasteiger partial charge in [-0.1, -0.05) is 0 Å².